The quantitative estimate of drug-likeness (QED) is 0.692. The Kier molecular flexibility index (Phi) is 5.42. The molecule has 1 atom stereocenters. The van der Waals surface area contributed by atoms with Gasteiger partial charge in [-0.3, -0.25) is 9.67 Å². The normalized spacial score (nSPS) is 12.1. The second kappa shape index (κ2) is 7.92. The number of nitrogens with one attached hydrogen (secondary N) is 1. The first-order valence-corrected chi connectivity index (χ1v) is 8.13. The molecule has 0 aliphatic heterocycles. The van der Waals surface area contributed by atoms with Gasteiger partial charge < -0.3 is 15.2 Å². The van der Waals surface area contributed by atoms with E-state index in [9.17, 15) is 5.11 Å². The minimum Gasteiger partial charge on any atom is -0.497 e. The molecule has 130 valence electrons. The second-order valence-electron chi connectivity index (χ2n) is 5.84. The molecule has 0 radical (unpaired) electrons. The summed E-state index contributed by atoms with van der Waals surface area (Å²) in [5.74, 6) is 0.778. The fourth-order valence-corrected chi connectivity index (χ4v) is 2.70. The molecule has 3 rings (SSSR count). The van der Waals surface area contributed by atoms with Gasteiger partial charge in [0.2, 0.25) is 0 Å². The highest BCUT2D eigenvalue weighted by Gasteiger charge is 2.12. The number of methoxy groups -OCH3 is 1. The van der Waals surface area contributed by atoms with Crippen LogP contribution in [0.25, 0.3) is 11.3 Å². The van der Waals surface area contributed by atoms with Gasteiger partial charge in [0.05, 0.1) is 18.9 Å². The van der Waals surface area contributed by atoms with Gasteiger partial charge in [-0.2, -0.15) is 5.10 Å². The molecule has 0 fully saturated rings. The Hall–Kier alpha value is -2.70. The van der Waals surface area contributed by atoms with Crippen molar-refractivity contribution in [3.05, 3.63) is 66.1 Å². The molecule has 0 bridgehead atoms. The lowest BCUT2D eigenvalue weighted by Crippen LogP contribution is -2.21. The van der Waals surface area contributed by atoms with E-state index in [2.05, 4.69) is 15.4 Å². The van der Waals surface area contributed by atoms with Crippen molar-refractivity contribution in [2.24, 2.45) is 7.05 Å². The molecule has 6 heteroatoms. The predicted octanol–water partition coefficient (Wildman–Crippen LogP) is 2.31. The van der Waals surface area contributed by atoms with Crippen molar-refractivity contribution in [3.8, 4) is 17.0 Å². The maximum absolute atomic E-state index is 10.3. The Labute approximate surface area is 147 Å². The summed E-state index contributed by atoms with van der Waals surface area (Å²) in [5, 5.41) is 18.1. The van der Waals surface area contributed by atoms with Crippen LogP contribution in [0.1, 0.15) is 17.2 Å². The highest BCUT2D eigenvalue weighted by molar-refractivity contribution is 5.61. The average molecular weight is 338 g/mol. The van der Waals surface area contributed by atoms with Gasteiger partial charge in [-0.15, -0.1) is 0 Å². The van der Waals surface area contributed by atoms with Crippen molar-refractivity contribution < 1.29 is 9.84 Å². The molecule has 25 heavy (non-hydrogen) atoms. The van der Waals surface area contributed by atoms with Crippen LogP contribution in [0.15, 0.2) is 55.0 Å². The Morgan fingerprint density at radius 1 is 1.24 bits per heavy atom. The van der Waals surface area contributed by atoms with Crippen molar-refractivity contribution in [3.63, 3.8) is 0 Å². The van der Waals surface area contributed by atoms with Crippen LogP contribution < -0.4 is 10.1 Å². The smallest absolute Gasteiger partial charge is 0.118 e. The van der Waals surface area contributed by atoms with Crippen LogP contribution in [0.5, 0.6) is 5.75 Å². The summed E-state index contributed by atoms with van der Waals surface area (Å²) < 4.78 is 6.92. The fraction of sp³-hybridized carbons (Fsp3) is 0.263. The lowest BCUT2D eigenvalue weighted by atomic mass is 10.1. The molecule has 0 saturated heterocycles. The standard InChI is InChI=1S/C19H22N4O2/c1-23-13-16(19(22-23)15-4-3-9-20-10-15)11-21-12-18(24)14-5-7-17(25-2)8-6-14/h3-10,13,18,21,24H,11-12H2,1-2H3. The van der Waals surface area contributed by atoms with E-state index < -0.39 is 6.10 Å². The molecule has 2 aromatic heterocycles. The molecule has 0 aliphatic carbocycles. The third kappa shape index (κ3) is 4.23. The number of ether oxygens (including phenoxy) is 1. The predicted molar refractivity (Wildman–Crippen MR) is 96.1 cm³/mol. The first-order chi connectivity index (χ1) is 12.2. The van der Waals surface area contributed by atoms with Crippen LogP contribution in [0, 0.1) is 0 Å². The third-order valence-corrected chi connectivity index (χ3v) is 3.99. The van der Waals surface area contributed by atoms with E-state index in [1.54, 1.807) is 24.2 Å². The van der Waals surface area contributed by atoms with Gasteiger partial charge in [-0.05, 0) is 29.8 Å². The highest BCUT2D eigenvalue weighted by Crippen LogP contribution is 2.21. The number of aromatic nitrogens is 3. The Morgan fingerprint density at radius 3 is 2.72 bits per heavy atom. The Morgan fingerprint density at radius 2 is 2.04 bits per heavy atom. The topological polar surface area (TPSA) is 72.2 Å². The number of aliphatic hydroxyl groups is 1. The Bertz CT molecular complexity index is 800. The minimum atomic E-state index is -0.579. The molecule has 1 unspecified atom stereocenters. The van der Waals surface area contributed by atoms with Crippen LogP contribution >= 0.6 is 0 Å². The van der Waals surface area contributed by atoms with Gasteiger partial charge in [0.25, 0.3) is 0 Å². The lowest BCUT2D eigenvalue weighted by molar-refractivity contribution is 0.174. The van der Waals surface area contributed by atoms with Crippen LogP contribution in [0.4, 0.5) is 0 Å². The van der Waals surface area contributed by atoms with E-state index in [1.807, 2.05) is 49.6 Å². The zero-order valence-electron chi connectivity index (χ0n) is 14.4. The first kappa shape index (κ1) is 17.1. The van der Waals surface area contributed by atoms with Crippen molar-refractivity contribution in [1.82, 2.24) is 20.1 Å². The Balaban J connectivity index is 1.62. The number of benzene rings is 1. The number of hydrogen-bond donors (Lipinski definition) is 2. The van der Waals surface area contributed by atoms with Crippen molar-refractivity contribution in [2.45, 2.75) is 12.6 Å². The maximum atomic E-state index is 10.3. The molecule has 1 aromatic carbocycles. The van der Waals surface area contributed by atoms with Crippen molar-refractivity contribution >= 4 is 0 Å². The molecule has 0 spiro atoms. The van der Waals surface area contributed by atoms with Gasteiger partial charge in [0.15, 0.2) is 0 Å². The molecule has 0 saturated carbocycles. The van der Waals surface area contributed by atoms with Gasteiger partial charge in [-0.25, -0.2) is 0 Å². The number of hydrogen-bond acceptors (Lipinski definition) is 5. The van der Waals surface area contributed by atoms with E-state index in [-0.39, 0.29) is 0 Å². The number of aryl methyl sites for hydroxylation is 1. The largest absolute Gasteiger partial charge is 0.497 e. The van der Waals surface area contributed by atoms with Crippen molar-refractivity contribution in [2.75, 3.05) is 13.7 Å². The summed E-state index contributed by atoms with van der Waals surface area (Å²) in [6.45, 7) is 1.07. The first-order valence-electron chi connectivity index (χ1n) is 8.13. The molecular weight excluding hydrogens is 316 g/mol. The molecule has 6 nitrogen and oxygen atoms in total. The number of aliphatic hydroxyl groups excluding tert-OH is 1. The number of pyridine rings is 1. The molecule has 0 aliphatic rings. The van der Waals surface area contributed by atoms with E-state index in [0.717, 1.165) is 28.1 Å². The van der Waals surface area contributed by atoms with Crippen LogP contribution in [0.3, 0.4) is 0 Å². The summed E-state index contributed by atoms with van der Waals surface area (Å²) in [6.07, 6.45) is 4.95. The van der Waals surface area contributed by atoms with Gasteiger partial charge in [0.1, 0.15) is 5.75 Å². The third-order valence-electron chi connectivity index (χ3n) is 3.99. The van der Waals surface area contributed by atoms with E-state index >= 15 is 0 Å². The molecule has 2 heterocycles. The monoisotopic (exact) mass is 338 g/mol. The summed E-state index contributed by atoms with van der Waals surface area (Å²) >= 11 is 0. The van der Waals surface area contributed by atoms with Crippen molar-refractivity contribution in [1.29, 1.82) is 0 Å². The molecule has 2 N–H and O–H groups in total. The summed E-state index contributed by atoms with van der Waals surface area (Å²) in [4.78, 5) is 4.15. The second-order valence-corrected chi connectivity index (χ2v) is 5.84. The number of rotatable bonds is 7. The molecule has 0 amide bonds. The maximum Gasteiger partial charge on any atom is 0.118 e. The summed E-state index contributed by atoms with van der Waals surface area (Å²) in [6, 6.07) is 11.3. The van der Waals surface area contributed by atoms with Gasteiger partial charge in [-0.1, -0.05) is 12.1 Å². The van der Waals surface area contributed by atoms with E-state index in [1.165, 1.54) is 0 Å². The zero-order chi connectivity index (χ0) is 17.6. The van der Waals surface area contributed by atoms with Crippen LogP contribution in [-0.2, 0) is 13.6 Å². The summed E-state index contributed by atoms with van der Waals surface area (Å²) in [7, 11) is 3.52. The molecule has 3 aromatic rings. The van der Waals surface area contributed by atoms with E-state index in [0.29, 0.717) is 13.1 Å². The van der Waals surface area contributed by atoms with Crippen LogP contribution in [-0.4, -0.2) is 33.5 Å². The average Bonchev–Trinajstić information content (AvgIpc) is 3.03. The number of nitrogens with zero attached hydrogens (tertiary/aromatic N) is 3. The van der Waals surface area contributed by atoms with E-state index in [4.69, 9.17) is 4.74 Å². The minimum absolute atomic E-state index is 0.452. The van der Waals surface area contributed by atoms with Gasteiger partial charge in [0, 0.05) is 49.9 Å². The highest BCUT2D eigenvalue weighted by atomic mass is 16.5. The lowest BCUT2D eigenvalue weighted by Gasteiger charge is -2.13. The summed E-state index contributed by atoms with van der Waals surface area (Å²) in [5.41, 5.74) is 3.81. The fourth-order valence-electron chi connectivity index (χ4n) is 2.70. The zero-order valence-corrected chi connectivity index (χ0v) is 14.4. The van der Waals surface area contributed by atoms with Gasteiger partial charge >= 0.3 is 0 Å². The molecular formula is C19H22N4O2. The van der Waals surface area contributed by atoms with Crippen LogP contribution in [0.2, 0.25) is 0 Å². The SMILES string of the molecule is COc1ccc(C(O)CNCc2cn(C)nc2-c2cccnc2)cc1.